The molecular formula is C19H16FNO2. The standard InChI is InChI=1S/C19H16FNO2/c1-13-6-8-18-16(10-13)14(7-9-19(22)23)11-21(18)12-15-4-2-3-5-17(15)20/h2-11H,12H2,1H3,(H,22,23)/b9-7+. The van der Waals surface area contributed by atoms with E-state index in [1.165, 1.54) is 6.07 Å². The van der Waals surface area contributed by atoms with Gasteiger partial charge in [-0.2, -0.15) is 0 Å². The molecule has 0 spiro atoms. The fraction of sp³-hybridized carbons (Fsp3) is 0.105. The quantitative estimate of drug-likeness (QED) is 0.733. The summed E-state index contributed by atoms with van der Waals surface area (Å²) >= 11 is 0. The maximum atomic E-state index is 13.9. The van der Waals surface area contributed by atoms with Crippen LogP contribution in [0.15, 0.2) is 54.7 Å². The number of hydrogen-bond donors (Lipinski definition) is 1. The molecule has 0 aliphatic heterocycles. The van der Waals surface area contributed by atoms with E-state index in [0.29, 0.717) is 12.1 Å². The number of carboxylic acid groups (broad SMARTS) is 1. The SMILES string of the molecule is Cc1ccc2c(c1)c(/C=C/C(=O)O)cn2Cc1ccccc1F. The third-order valence-electron chi connectivity index (χ3n) is 3.77. The van der Waals surface area contributed by atoms with Gasteiger partial charge in [0.15, 0.2) is 0 Å². The normalized spacial score (nSPS) is 11.4. The highest BCUT2D eigenvalue weighted by Crippen LogP contribution is 2.25. The first-order valence-corrected chi connectivity index (χ1v) is 7.28. The van der Waals surface area contributed by atoms with Crippen molar-refractivity contribution in [2.75, 3.05) is 0 Å². The second-order valence-corrected chi connectivity index (χ2v) is 5.50. The average molecular weight is 309 g/mol. The Labute approximate surface area is 133 Å². The topological polar surface area (TPSA) is 42.2 Å². The fourth-order valence-corrected chi connectivity index (χ4v) is 2.67. The van der Waals surface area contributed by atoms with Gasteiger partial charge in [-0.3, -0.25) is 0 Å². The zero-order valence-electron chi connectivity index (χ0n) is 12.7. The van der Waals surface area contributed by atoms with Crippen LogP contribution in [0.3, 0.4) is 0 Å². The molecule has 0 saturated heterocycles. The summed E-state index contributed by atoms with van der Waals surface area (Å²) in [5.74, 6) is -1.24. The van der Waals surface area contributed by atoms with E-state index in [4.69, 9.17) is 5.11 Å². The molecule has 0 saturated carbocycles. The van der Waals surface area contributed by atoms with Gasteiger partial charge in [0.1, 0.15) is 5.82 Å². The van der Waals surface area contributed by atoms with Crippen molar-refractivity contribution in [1.82, 2.24) is 4.57 Å². The van der Waals surface area contributed by atoms with Gasteiger partial charge in [-0.1, -0.05) is 29.8 Å². The zero-order chi connectivity index (χ0) is 16.4. The van der Waals surface area contributed by atoms with Crippen molar-refractivity contribution >= 4 is 22.9 Å². The van der Waals surface area contributed by atoms with Crippen molar-refractivity contribution in [3.8, 4) is 0 Å². The maximum Gasteiger partial charge on any atom is 0.328 e. The molecule has 1 heterocycles. The summed E-state index contributed by atoms with van der Waals surface area (Å²) in [6, 6.07) is 12.6. The Hall–Kier alpha value is -2.88. The molecule has 4 heteroatoms. The Kier molecular flexibility index (Phi) is 3.98. The van der Waals surface area contributed by atoms with Gasteiger partial charge in [0.05, 0.1) is 6.54 Å². The molecular weight excluding hydrogens is 293 g/mol. The molecule has 1 N–H and O–H groups in total. The Morgan fingerprint density at radius 2 is 2.04 bits per heavy atom. The van der Waals surface area contributed by atoms with Gasteiger partial charge in [0.25, 0.3) is 0 Å². The summed E-state index contributed by atoms with van der Waals surface area (Å²) in [6.07, 6.45) is 4.54. The second-order valence-electron chi connectivity index (χ2n) is 5.50. The van der Waals surface area contributed by atoms with E-state index in [2.05, 4.69) is 0 Å². The number of halogens is 1. The smallest absolute Gasteiger partial charge is 0.328 e. The molecule has 0 amide bonds. The molecule has 0 atom stereocenters. The van der Waals surface area contributed by atoms with E-state index in [1.54, 1.807) is 24.3 Å². The van der Waals surface area contributed by atoms with Gasteiger partial charge in [0, 0.05) is 34.3 Å². The first-order valence-electron chi connectivity index (χ1n) is 7.28. The van der Waals surface area contributed by atoms with Crippen molar-refractivity contribution in [2.45, 2.75) is 13.5 Å². The zero-order valence-corrected chi connectivity index (χ0v) is 12.7. The van der Waals surface area contributed by atoms with Gasteiger partial charge in [0.2, 0.25) is 0 Å². The summed E-state index contributed by atoms with van der Waals surface area (Å²) in [7, 11) is 0. The third kappa shape index (κ3) is 3.16. The largest absolute Gasteiger partial charge is 0.478 e. The number of nitrogens with zero attached hydrogens (tertiary/aromatic N) is 1. The summed E-state index contributed by atoms with van der Waals surface area (Å²) in [5, 5.41) is 9.79. The molecule has 0 radical (unpaired) electrons. The molecule has 2 aromatic carbocycles. The van der Waals surface area contributed by atoms with E-state index >= 15 is 0 Å². The molecule has 3 rings (SSSR count). The van der Waals surface area contributed by atoms with E-state index in [9.17, 15) is 9.18 Å². The Morgan fingerprint density at radius 3 is 2.78 bits per heavy atom. The molecule has 116 valence electrons. The van der Waals surface area contributed by atoms with Crippen molar-refractivity contribution < 1.29 is 14.3 Å². The highest BCUT2D eigenvalue weighted by atomic mass is 19.1. The van der Waals surface area contributed by atoms with Gasteiger partial charge >= 0.3 is 5.97 Å². The maximum absolute atomic E-state index is 13.9. The van der Waals surface area contributed by atoms with Crippen LogP contribution in [0.25, 0.3) is 17.0 Å². The van der Waals surface area contributed by atoms with Crippen LogP contribution in [0, 0.1) is 12.7 Å². The van der Waals surface area contributed by atoms with Crippen LogP contribution in [0.1, 0.15) is 16.7 Å². The van der Waals surface area contributed by atoms with Crippen molar-refractivity contribution in [2.24, 2.45) is 0 Å². The first-order chi connectivity index (χ1) is 11.0. The highest BCUT2D eigenvalue weighted by Gasteiger charge is 2.09. The number of fused-ring (bicyclic) bond motifs is 1. The van der Waals surface area contributed by atoms with E-state index in [1.807, 2.05) is 35.9 Å². The van der Waals surface area contributed by atoms with Crippen LogP contribution >= 0.6 is 0 Å². The molecule has 0 aliphatic rings. The van der Waals surface area contributed by atoms with E-state index in [0.717, 1.165) is 28.1 Å². The lowest BCUT2D eigenvalue weighted by Crippen LogP contribution is -2.00. The van der Waals surface area contributed by atoms with Crippen LogP contribution in [0.4, 0.5) is 4.39 Å². The summed E-state index contributed by atoms with van der Waals surface area (Å²) in [6.45, 7) is 2.38. The number of aromatic nitrogens is 1. The van der Waals surface area contributed by atoms with Gasteiger partial charge in [-0.25, -0.2) is 9.18 Å². The predicted octanol–water partition coefficient (Wildman–Crippen LogP) is 4.23. The van der Waals surface area contributed by atoms with Crippen LogP contribution in [0.5, 0.6) is 0 Å². The lowest BCUT2D eigenvalue weighted by molar-refractivity contribution is -0.131. The summed E-state index contributed by atoms with van der Waals surface area (Å²) in [5.41, 5.74) is 3.44. The van der Waals surface area contributed by atoms with Crippen molar-refractivity contribution in [1.29, 1.82) is 0 Å². The van der Waals surface area contributed by atoms with Crippen molar-refractivity contribution in [3.05, 3.63) is 77.2 Å². The lowest BCUT2D eigenvalue weighted by Gasteiger charge is -2.06. The van der Waals surface area contributed by atoms with Gasteiger partial charge in [-0.05, 0) is 31.2 Å². The Balaban J connectivity index is 2.10. The average Bonchev–Trinajstić information content (AvgIpc) is 2.84. The van der Waals surface area contributed by atoms with Gasteiger partial charge < -0.3 is 9.67 Å². The van der Waals surface area contributed by atoms with E-state index < -0.39 is 5.97 Å². The fourth-order valence-electron chi connectivity index (χ4n) is 2.67. The number of rotatable bonds is 4. The monoisotopic (exact) mass is 309 g/mol. The number of carboxylic acids is 1. The van der Waals surface area contributed by atoms with Crippen LogP contribution in [-0.2, 0) is 11.3 Å². The number of benzene rings is 2. The second kappa shape index (κ2) is 6.08. The minimum Gasteiger partial charge on any atom is -0.478 e. The summed E-state index contributed by atoms with van der Waals surface area (Å²) in [4.78, 5) is 10.8. The molecule has 1 aromatic heterocycles. The minimum absolute atomic E-state index is 0.246. The molecule has 0 aliphatic carbocycles. The number of aliphatic carboxylic acids is 1. The van der Waals surface area contributed by atoms with Crippen LogP contribution < -0.4 is 0 Å². The number of aryl methyl sites for hydroxylation is 1. The number of carbonyl (C=O) groups is 1. The molecule has 0 fully saturated rings. The predicted molar refractivity (Wildman–Crippen MR) is 88.8 cm³/mol. The third-order valence-corrected chi connectivity index (χ3v) is 3.77. The highest BCUT2D eigenvalue weighted by molar-refractivity contribution is 5.94. The lowest BCUT2D eigenvalue weighted by atomic mass is 10.1. The number of hydrogen-bond acceptors (Lipinski definition) is 1. The first kappa shape index (κ1) is 15.0. The minimum atomic E-state index is -0.993. The molecule has 0 unspecified atom stereocenters. The van der Waals surface area contributed by atoms with Crippen molar-refractivity contribution in [3.63, 3.8) is 0 Å². The molecule has 23 heavy (non-hydrogen) atoms. The Morgan fingerprint density at radius 1 is 1.26 bits per heavy atom. The molecule has 3 nitrogen and oxygen atoms in total. The Bertz CT molecular complexity index is 909. The molecule has 3 aromatic rings. The summed E-state index contributed by atoms with van der Waals surface area (Å²) < 4.78 is 15.8. The van der Waals surface area contributed by atoms with E-state index in [-0.39, 0.29) is 5.82 Å². The van der Waals surface area contributed by atoms with Crippen LogP contribution in [-0.4, -0.2) is 15.6 Å². The van der Waals surface area contributed by atoms with Crippen LogP contribution in [0.2, 0.25) is 0 Å². The van der Waals surface area contributed by atoms with Gasteiger partial charge in [-0.15, -0.1) is 0 Å². The molecule has 0 bridgehead atoms.